The van der Waals surface area contributed by atoms with Crippen molar-refractivity contribution in [1.29, 1.82) is 0 Å². The number of carbonyl (C=O) groups excluding carboxylic acids is 3. The van der Waals surface area contributed by atoms with Gasteiger partial charge in [-0.1, -0.05) is 312 Å². The van der Waals surface area contributed by atoms with Crippen LogP contribution in [0.5, 0.6) is 0 Å². The van der Waals surface area contributed by atoms with Gasteiger partial charge in [0.2, 0.25) is 0 Å². The van der Waals surface area contributed by atoms with Gasteiger partial charge in [0.05, 0.1) is 0 Å². The van der Waals surface area contributed by atoms with E-state index in [0.29, 0.717) is 19.3 Å². The Labute approximate surface area is 465 Å². The third-order valence-corrected chi connectivity index (χ3v) is 14.2. The van der Waals surface area contributed by atoms with Gasteiger partial charge in [-0.3, -0.25) is 14.4 Å². The quantitative estimate of drug-likeness (QED) is 0.0261. The Morgan fingerprint density at radius 1 is 0.280 bits per heavy atom. The van der Waals surface area contributed by atoms with Crippen LogP contribution in [0.4, 0.5) is 0 Å². The Morgan fingerprint density at radius 3 is 0.813 bits per heavy atom. The van der Waals surface area contributed by atoms with Crippen LogP contribution < -0.4 is 0 Å². The van der Waals surface area contributed by atoms with E-state index < -0.39 is 6.10 Å². The minimum Gasteiger partial charge on any atom is -0.462 e. The molecule has 0 saturated heterocycles. The van der Waals surface area contributed by atoms with E-state index in [0.717, 1.165) is 103 Å². The van der Waals surface area contributed by atoms with Gasteiger partial charge in [-0.05, 0) is 70.6 Å². The van der Waals surface area contributed by atoms with Crippen LogP contribution in [0.15, 0.2) is 72.9 Å². The van der Waals surface area contributed by atoms with Gasteiger partial charge in [-0.25, -0.2) is 0 Å². The second-order valence-electron chi connectivity index (χ2n) is 21.7. The first-order chi connectivity index (χ1) is 37.0. The molecule has 6 nitrogen and oxygen atoms in total. The molecule has 0 N–H and O–H groups in total. The second-order valence-corrected chi connectivity index (χ2v) is 21.7. The van der Waals surface area contributed by atoms with Crippen molar-refractivity contribution < 1.29 is 28.6 Å². The molecule has 0 rings (SSSR count). The lowest BCUT2D eigenvalue weighted by molar-refractivity contribution is -0.167. The third-order valence-electron chi connectivity index (χ3n) is 14.2. The van der Waals surface area contributed by atoms with Crippen molar-refractivity contribution in [2.45, 2.75) is 335 Å². The zero-order chi connectivity index (χ0) is 54.3. The summed E-state index contributed by atoms with van der Waals surface area (Å²) in [4.78, 5) is 37.9. The molecule has 0 aromatic rings. The maximum Gasteiger partial charge on any atom is 0.306 e. The summed E-state index contributed by atoms with van der Waals surface area (Å²) in [5.74, 6) is -0.868. The fourth-order valence-corrected chi connectivity index (χ4v) is 9.39. The highest BCUT2D eigenvalue weighted by atomic mass is 16.6. The van der Waals surface area contributed by atoms with E-state index in [9.17, 15) is 14.4 Å². The van der Waals surface area contributed by atoms with Gasteiger partial charge >= 0.3 is 17.9 Å². The monoisotopic (exact) mass is 1050 g/mol. The molecule has 434 valence electrons. The maximum absolute atomic E-state index is 12.8. The van der Waals surface area contributed by atoms with Gasteiger partial charge in [0.25, 0.3) is 0 Å². The average molecular weight is 1050 g/mol. The van der Waals surface area contributed by atoms with E-state index >= 15 is 0 Å². The highest BCUT2D eigenvalue weighted by Crippen LogP contribution is 2.17. The molecule has 0 aromatic carbocycles. The van der Waals surface area contributed by atoms with Crippen molar-refractivity contribution in [2.24, 2.45) is 0 Å². The lowest BCUT2D eigenvalue weighted by Crippen LogP contribution is -2.30. The predicted octanol–water partition coefficient (Wildman–Crippen LogP) is 22.1. The molecule has 0 aromatic heterocycles. The number of unbranched alkanes of at least 4 members (excludes halogenated alkanes) is 36. The maximum atomic E-state index is 12.8. The molecule has 0 aliphatic heterocycles. The van der Waals surface area contributed by atoms with E-state index in [4.69, 9.17) is 14.2 Å². The van der Waals surface area contributed by atoms with E-state index in [2.05, 4.69) is 93.7 Å². The Hall–Kier alpha value is -3.15. The van der Waals surface area contributed by atoms with Crippen LogP contribution in [-0.2, 0) is 28.6 Å². The van der Waals surface area contributed by atoms with Crippen molar-refractivity contribution >= 4 is 17.9 Å². The van der Waals surface area contributed by atoms with Crippen LogP contribution >= 0.6 is 0 Å². The summed E-state index contributed by atoms with van der Waals surface area (Å²) >= 11 is 0. The van der Waals surface area contributed by atoms with Gasteiger partial charge in [-0.15, -0.1) is 0 Å². The highest BCUT2D eigenvalue weighted by molar-refractivity contribution is 5.71. The van der Waals surface area contributed by atoms with Crippen LogP contribution in [0.2, 0.25) is 0 Å². The van der Waals surface area contributed by atoms with E-state index in [1.165, 1.54) is 186 Å². The number of hydrogen-bond donors (Lipinski definition) is 0. The first-order valence-corrected chi connectivity index (χ1v) is 32.4. The fourth-order valence-electron chi connectivity index (χ4n) is 9.39. The Balaban J connectivity index is 3.97. The number of rotatable bonds is 59. The van der Waals surface area contributed by atoms with Crippen LogP contribution in [0.25, 0.3) is 0 Å². The number of allylic oxidation sites excluding steroid dienone is 12. The van der Waals surface area contributed by atoms with Gasteiger partial charge < -0.3 is 14.2 Å². The first-order valence-electron chi connectivity index (χ1n) is 32.4. The summed E-state index contributed by atoms with van der Waals surface area (Å²) in [6.45, 7) is 6.48. The average Bonchev–Trinajstić information content (AvgIpc) is 3.41. The second kappa shape index (κ2) is 63.4. The fraction of sp³-hybridized carbons (Fsp3) is 0.783. The molecule has 0 spiro atoms. The zero-order valence-electron chi connectivity index (χ0n) is 49.8. The molecule has 1 atom stereocenters. The van der Waals surface area contributed by atoms with Crippen molar-refractivity contribution in [3.8, 4) is 0 Å². The minimum atomic E-state index is -0.768. The van der Waals surface area contributed by atoms with Crippen LogP contribution in [-0.4, -0.2) is 37.2 Å². The van der Waals surface area contributed by atoms with Gasteiger partial charge in [0, 0.05) is 19.3 Å². The standard InChI is InChI=1S/C69H122O6/c1-4-7-10-13-15-17-19-21-23-25-27-28-29-30-31-32-33-34-35-36-37-38-39-40-42-43-45-47-49-51-53-56-59-62-68(71)74-65-66(64-73-67(70)61-58-55-12-9-6-3)75-69(72)63-60-57-54-52-50-48-46-44-41-26-24-22-20-18-16-14-11-8-5-2/h7,10,15,17,21,23,27-28,30-31,33-34,66H,4-6,8-9,11-14,16,18-20,22,24-26,29,32,35-65H2,1-3H3/b10-7-,17-15-,23-21-,28-27-,31-30-,34-33-. The molecule has 0 radical (unpaired) electrons. The topological polar surface area (TPSA) is 78.9 Å². The highest BCUT2D eigenvalue weighted by Gasteiger charge is 2.19. The number of ether oxygens (including phenoxy) is 3. The molecule has 6 heteroatoms. The Morgan fingerprint density at radius 2 is 0.520 bits per heavy atom. The molecule has 0 bridgehead atoms. The molecule has 0 amide bonds. The largest absolute Gasteiger partial charge is 0.462 e. The van der Waals surface area contributed by atoms with Crippen LogP contribution in [0.1, 0.15) is 329 Å². The van der Waals surface area contributed by atoms with E-state index in [1.807, 2.05) is 0 Å². The van der Waals surface area contributed by atoms with Crippen LogP contribution in [0.3, 0.4) is 0 Å². The molecule has 75 heavy (non-hydrogen) atoms. The zero-order valence-corrected chi connectivity index (χ0v) is 49.8. The molecule has 0 heterocycles. The van der Waals surface area contributed by atoms with E-state index in [1.54, 1.807) is 0 Å². The summed E-state index contributed by atoms with van der Waals surface area (Å²) in [6.07, 6.45) is 82.5. The summed E-state index contributed by atoms with van der Waals surface area (Å²) in [6, 6.07) is 0. The lowest BCUT2D eigenvalue weighted by Gasteiger charge is -2.18. The summed E-state index contributed by atoms with van der Waals surface area (Å²) in [5, 5.41) is 0. The molecule has 0 aliphatic carbocycles. The van der Waals surface area contributed by atoms with Crippen molar-refractivity contribution in [2.75, 3.05) is 13.2 Å². The molecule has 0 aliphatic rings. The van der Waals surface area contributed by atoms with Crippen molar-refractivity contribution in [1.82, 2.24) is 0 Å². The van der Waals surface area contributed by atoms with Crippen molar-refractivity contribution in [3.05, 3.63) is 72.9 Å². The summed E-state index contributed by atoms with van der Waals surface area (Å²) in [7, 11) is 0. The lowest BCUT2D eigenvalue weighted by atomic mass is 10.0. The molecule has 0 saturated carbocycles. The molecular weight excluding hydrogens is 925 g/mol. The Bertz CT molecular complexity index is 1390. The minimum absolute atomic E-state index is 0.0708. The SMILES string of the molecule is CC/C=C\C/C=C\C/C=C\C/C=C\C/C=C\C/C=C\CCCCCCCCCCCCCCCCC(=O)OCC(COC(=O)CCCCCCC)OC(=O)CCCCCCCCCCCCCCCCCCCCC. The number of carbonyl (C=O) groups is 3. The molecule has 0 fully saturated rings. The third kappa shape index (κ3) is 61.6. The normalized spacial score (nSPS) is 12.5. The summed E-state index contributed by atoms with van der Waals surface area (Å²) < 4.78 is 16.8. The van der Waals surface area contributed by atoms with Gasteiger partial charge in [-0.2, -0.15) is 0 Å². The predicted molar refractivity (Wildman–Crippen MR) is 325 cm³/mol. The molecular formula is C69H122O6. The van der Waals surface area contributed by atoms with Gasteiger partial charge in [0.15, 0.2) is 6.10 Å². The van der Waals surface area contributed by atoms with Crippen molar-refractivity contribution in [3.63, 3.8) is 0 Å². The summed E-state index contributed by atoms with van der Waals surface area (Å²) in [5.41, 5.74) is 0. The van der Waals surface area contributed by atoms with Gasteiger partial charge in [0.1, 0.15) is 13.2 Å². The number of hydrogen-bond acceptors (Lipinski definition) is 6. The Kier molecular flexibility index (Phi) is 60.7. The smallest absolute Gasteiger partial charge is 0.306 e. The van der Waals surface area contributed by atoms with Crippen LogP contribution in [0, 0.1) is 0 Å². The number of esters is 3. The molecule has 1 unspecified atom stereocenters. The van der Waals surface area contributed by atoms with E-state index in [-0.39, 0.29) is 31.1 Å². The first kappa shape index (κ1) is 71.8.